The number of rotatable bonds is 3. The van der Waals surface area contributed by atoms with Crippen molar-refractivity contribution in [2.24, 2.45) is 5.73 Å². The molecule has 0 spiro atoms. The first-order valence-electron chi connectivity index (χ1n) is 9.63. The summed E-state index contributed by atoms with van der Waals surface area (Å²) in [7, 11) is 0. The van der Waals surface area contributed by atoms with Gasteiger partial charge >= 0.3 is 6.03 Å². The van der Waals surface area contributed by atoms with Crippen molar-refractivity contribution in [3.8, 4) is 17.3 Å². The van der Waals surface area contributed by atoms with E-state index in [-0.39, 0.29) is 23.7 Å². The predicted molar refractivity (Wildman–Crippen MR) is 114 cm³/mol. The van der Waals surface area contributed by atoms with Crippen LogP contribution < -0.4 is 11.1 Å². The molecule has 1 aliphatic heterocycles. The molecule has 3 aromatic rings. The fourth-order valence-corrected chi connectivity index (χ4v) is 3.84. The molecule has 0 fully saturated rings. The van der Waals surface area contributed by atoms with E-state index in [1.54, 1.807) is 4.90 Å². The number of nitrogens with one attached hydrogen (secondary N) is 1. The maximum atomic E-state index is 12.8. The Kier molecular flexibility index (Phi) is 4.98. The van der Waals surface area contributed by atoms with Crippen LogP contribution >= 0.6 is 0 Å². The van der Waals surface area contributed by atoms with Crippen LogP contribution in [0.3, 0.4) is 0 Å². The molecule has 0 unspecified atom stereocenters. The Bertz CT molecular complexity index is 1160. The molecule has 1 aliphatic rings. The number of hydrogen-bond acceptors (Lipinski definition) is 3. The average molecular weight is 399 g/mol. The zero-order valence-corrected chi connectivity index (χ0v) is 16.6. The number of amides is 3. The van der Waals surface area contributed by atoms with Crippen LogP contribution in [0, 0.1) is 18.3 Å². The normalized spacial score (nSPS) is 12.7. The third-order valence-corrected chi connectivity index (χ3v) is 5.30. The van der Waals surface area contributed by atoms with E-state index in [0.717, 1.165) is 11.1 Å². The number of carbonyl (C=O) groups excluding carboxylic acids is 2. The summed E-state index contributed by atoms with van der Waals surface area (Å²) >= 11 is 0. The number of nitrogens with zero attached hydrogens (tertiary/aromatic N) is 3. The van der Waals surface area contributed by atoms with E-state index in [1.165, 1.54) is 0 Å². The number of benzene rings is 2. The molecule has 0 saturated carbocycles. The van der Waals surface area contributed by atoms with Crippen molar-refractivity contribution in [1.82, 2.24) is 9.47 Å². The number of fused-ring (bicyclic) bond motifs is 1. The molecule has 0 radical (unpaired) electrons. The number of anilines is 1. The van der Waals surface area contributed by atoms with Gasteiger partial charge in [0.1, 0.15) is 6.07 Å². The van der Waals surface area contributed by atoms with Gasteiger partial charge in [-0.1, -0.05) is 48.0 Å². The Morgan fingerprint density at radius 2 is 1.77 bits per heavy atom. The number of nitrogens with two attached hydrogens (primary N) is 1. The van der Waals surface area contributed by atoms with Gasteiger partial charge in [0.2, 0.25) is 0 Å². The van der Waals surface area contributed by atoms with Crippen LogP contribution in [0.5, 0.6) is 0 Å². The minimum atomic E-state index is -0.668. The zero-order valence-electron chi connectivity index (χ0n) is 16.6. The summed E-state index contributed by atoms with van der Waals surface area (Å²) in [6.07, 6.45) is 0. The number of urea groups is 1. The van der Waals surface area contributed by atoms with Crippen LogP contribution in [0.15, 0.2) is 54.6 Å². The van der Waals surface area contributed by atoms with E-state index in [9.17, 15) is 14.9 Å². The molecule has 2 heterocycles. The average Bonchev–Trinajstić information content (AvgIpc) is 3.09. The summed E-state index contributed by atoms with van der Waals surface area (Å²) in [5.41, 5.74) is 9.97. The van der Waals surface area contributed by atoms with Crippen LogP contribution in [0.2, 0.25) is 0 Å². The molecule has 7 nitrogen and oxygen atoms in total. The number of carbonyl (C=O) groups is 2. The molecule has 0 saturated heterocycles. The van der Waals surface area contributed by atoms with Gasteiger partial charge in [-0.2, -0.15) is 5.26 Å². The Morgan fingerprint density at radius 1 is 1.07 bits per heavy atom. The highest BCUT2D eigenvalue weighted by Gasteiger charge is 2.32. The van der Waals surface area contributed by atoms with E-state index >= 15 is 0 Å². The van der Waals surface area contributed by atoms with Crippen molar-refractivity contribution < 1.29 is 9.59 Å². The lowest BCUT2D eigenvalue weighted by atomic mass is 10.0. The fraction of sp³-hybridized carbons (Fsp3) is 0.174. The molecule has 0 atom stereocenters. The van der Waals surface area contributed by atoms with Gasteiger partial charge in [-0.15, -0.1) is 0 Å². The van der Waals surface area contributed by atoms with Crippen LogP contribution in [0.25, 0.3) is 11.3 Å². The van der Waals surface area contributed by atoms with Gasteiger partial charge in [-0.25, -0.2) is 4.79 Å². The van der Waals surface area contributed by atoms with Crippen LogP contribution in [-0.2, 0) is 13.1 Å². The maximum Gasteiger partial charge on any atom is 0.322 e. The Morgan fingerprint density at radius 3 is 2.40 bits per heavy atom. The Balaban J connectivity index is 1.70. The molecule has 0 aliphatic carbocycles. The minimum Gasteiger partial charge on any atom is -0.366 e. The van der Waals surface area contributed by atoms with Gasteiger partial charge in [0.05, 0.1) is 29.1 Å². The third-order valence-electron chi connectivity index (χ3n) is 5.30. The second-order valence-electron chi connectivity index (χ2n) is 7.26. The van der Waals surface area contributed by atoms with Crippen LogP contribution in [-0.4, -0.2) is 28.0 Å². The van der Waals surface area contributed by atoms with E-state index in [4.69, 9.17) is 5.73 Å². The lowest BCUT2D eigenvalue weighted by molar-refractivity contribution is 0.0997. The molecule has 7 heteroatoms. The van der Waals surface area contributed by atoms with E-state index in [0.29, 0.717) is 30.2 Å². The van der Waals surface area contributed by atoms with Crippen molar-refractivity contribution in [2.45, 2.75) is 20.0 Å². The van der Waals surface area contributed by atoms with Gasteiger partial charge < -0.3 is 20.5 Å². The van der Waals surface area contributed by atoms with Crippen molar-refractivity contribution >= 4 is 17.6 Å². The van der Waals surface area contributed by atoms with Crippen molar-refractivity contribution in [1.29, 1.82) is 5.26 Å². The lowest BCUT2D eigenvalue weighted by Crippen LogP contribution is -2.41. The van der Waals surface area contributed by atoms with Gasteiger partial charge in [0.15, 0.2) is 0 Å². The highest BCUT2D eigenvalue weighted by Crippen LogP contribution is 2.34. The second-order valence-corrected chi connectivity index (χ2v) is 7.26. The smallest absolute Gasteiger partial charge is 0.322 e. The summed E-state index contributed by atoms with van der Waals surface area (Å²) in [4.78, 5) is 26.7. The van der Waals surface area contributed by atoms with Gasteiger partial charge in [-0.3, -0.25) is 4.79 Å². The number of aryl methyl sites for hydroxylation is 1. The summed E-state index contributed by atoms with van der Waals surface area (Å²) < 4.78 is 1.93. The topological polar surface area (TPSA) is 104 Å². The minimum absolute atomic E-state index is 0.184. The zero-order chi connectivity index (χ0) is 21.3. The number of hydrogen-bond donors (Lipinski definition) is 2. The van der Waals surface area contributed by atoms with Gasteiger partial charge in [0, 0.05) is 18.8 Å². The molecule has 30 heavy (non-hydrogen) atoms. The van der Waals surface area contributed by atoms with Gasteiger partial charge in [-0.05, 0) is 24.6 Å². The Labute approximate surface area is 174 Å². The van der Waals surface area contributed by atoms with Crippen LogP contribution in [0.1, 0.15) is 27.2 Å². The second kappa shape index (κ2) is 7.76. The quantitative estimate of drug-likeness (QED) is 0.704. The first kappa shape index (κ1) is 19.3. The number of aromatic nitrogens is 1. The highest BCUT2D eigenvalue weighted by molar-refractivity contribution is 6.00. The summed E-state index contributed by atoms with van der Waals surface area (Å²) in [6, 6.07) is 18.9. The first-order chi connectivity index (χ1) is 14.5. The van der Waals surface area contributed by atoms with Crippen LogP contribution in [0.4, 0.5) is 10.5 Å². The van der Waals surface area contributed by atoms with E-state index < -0.39 is 5.91 Å². The molecule has 4 rings (SSSR count). The van der Waals surface area contributed by atoms with Crippen molar-refractivity contribution in [2.75, 3.05) is 11.9 Å². The van der Waals surface area contributed by atoms with E-state index in [2.05, 4.69) is 11.4 Å². The number of primary amides is 1. The molecule has 150 valence electrons. The predicted octanol–water partition coefficient (Wildman–Crippen LogP) is 3.48. The Hall–Kier alpha value is -4.05. The molecular weight excluding hydrogens is 378 g/mol. The largest absolute Gasteiger partial charge is 0.366 e. The fourth-order valence-electron chi connectivity index (χ4n) is 3.84. The molecule has 0 bridgehead atoms. The van der Waals surface area contributed by atoms with E-state index in [1.807, 2.05) is 66.1 Å². The lowest BCUT2D eigenvalue weighted by Gasteiger charge is -2.30. The third kappa shape index (κ3) is 3.40. The van der Waals surface area contributed by atoms with Gasteiger partial charge in [0.25, 0.3) is 5.91 Å². The molecule has 2 aromatic carbocycles. The van der Waals surface area contributed by atoms with Crippen molar-refractivity contribution in [3.63, 3.8) is 0 Å². The summed E-state index contributed by atoms with van der Waals surface area (Å²) in [5, 5.41) is 12.7. The van der Waals surface area contributed by atoms with Crippen molar-refractivity contribution in [3.05, 3.63) is 77.0 Å². The molecule has 1 aromatic heterocycles. The molecule has 3 amide bonds. The monoisotopic (exact) mass is 399 g/mol. The summed E-state index contributed by atoms with van der Waals surface area (Å²) in [5.74, 6) is -0.668. The molecule has 3 N–H and O–H groups in total. The summed E-state index contributed by atoms with van der Waals surface area (Å²) in [6.45, 7) is 3.08. The standard InChI is InChI=1S/C23H21N5O2/c1-15-7-9-17(10-8-15)26-23(30)27-11-12-28-19(14-27)20(22(25)29)18(13-24)21(28)16-5-3-2-4-6-16/h2-10H,11-12,14H2,1H3,(H2,25,29)(H,26,30). The SMILES string of the molecule is Cc1ccc(NC(=O)N2CCn3c(c(C(N)=O)c(C#N)c3-c3ccccc3)C2)cc1. The first-order valence-corrected chi connectivity index (χ1v) is 9.63. The molecular formula is C23H21N5O2. The highest BCUT2D eigenvalue weighted by atomic mass is 16.2. The maximum absolute atomic E-state index is 12.8. The number of nitriles is 1.